The predicted octanol–water partition coefficient (Wildman–Crippen LogP) is 5.38. The molecule has 0 aliphatic heterocycles. The second-order valence-electron chi connectivity index (χ2n) is 8.62. The molecule has 0 saturated heterocycles. The minimum atomic E-state index is -1.31. The van der Waals surface area contributed by atoms with Crippen LogP contribution in [0.3, 0.4) is 0 Å². The average Bonchev–Trinajstić information content (AvgIpc) is 2.78. The van der Waals surface area contributed by atoms with Gasteiger partial charge in [0.2, 0.25) is 0 Å². The molecule has 0 aromatic heterocycles. The normalized spacial score (nSPS) is 11.3. The Hall–Kier alpha value is -0.400. The topological polar surface area (TPSA) is 0 Å². The van der Waals surface area contributed by atoms with E-state index in [1.165, 1.54) is 89.4 Å². The van der Waals surface area contributed by atoms with Gasteiger partial charge in [-0.2, -0.15) is 0 Å². The van der Waals surface area contributed by atoms with Gasteiger partial charge < -0.3 is 24.0 Å². The Labute approximate surface area is 205 Å². The van der Waals surface area contributed by atoms with Crippen LogP contribution in [-0.4, -0.2) is 12.3 Å². The van der Waals surface area contributed by atoms with Crippen molar-refractivity contribution in [3.63, 3.8) is 0 Å². The van der Waals surface area contributed by atoms with Crippen molar-refractivity contribution in [3.05, 3.63) is 60.7 Å². The molecule has 0 heterocycles. The van der Waals surface area contributed by atoms with Crippen molar-refractivity contribution in [2.75, 3.05) is 12.3 Å². The van der Waals surface area contributed by atoms with Crippen LogP contribution < -0.4 is 34.6 Å². The number of hydrogen-bond acceptors (Lipinski definition) is 0. The van der Waals surface area contributed by atoms with Crippen molar-refractivity contribution in [3.8, 4) is 0 Å². The molecule has 0 nitrogen and oxygen atoms in total. The van der Waals surface area contributed by atoms with Crippen LogP contribution in [0.15, 0.2) is 60.7 Å². The van der Waals surface area contributed by atoms with E-state index in [1.54, 1.807) is 10.6 Å². The first kappa shape index (κ1) is 27.6. The Kier molecular flexibility index (Phi) is 15.8. The highest BCUT2D eigenvalue weighted by atomic mass is 127. The summed E-state index contributed by atoms with van der Waals surface area (Å²) in [6.45, 7) is 4.61. The van der Waals surface area contributed by atoms with E-state index in [0.29, 0.717) is 0 Å². The quantitative estimate of drug-likeness (QED) is 0.153. The monoisotopic (exact) mass is 538 g/mol. The molecule has 0 aliphatic carbocycles. The fourth-order valence-electron chi connectivity index (χ4n) is 4.53. The number of rotatable bonds is 16. The molecule has 0 amide bonds. The van der Waals surface area contributed by atoms with Crippen LogP contribution in [0.2, 0.25) is 0 Å². The van der Waals surface area contributed by atoms with Gasteiger partial charge in [0.1, 0.15) is 0 Å². The summed E-state index contributed by atoms with van der Waals surface area (Å²) < 4.78 is 0. The van der Waals surface area contributed by atoms with Crippen LogP contribution in [0, 0.1) is 0 Å². The van der Waals surface area contributed by atoms with Gasteiger partial charge in [-0.1, -0.05) is 102 Å². The summed E-state index contributed by atoms with van der Waals surface area (Å²) in [5.41, 5.74) is 0. The summed E-state index contributed by atoms with van der Waals surface area (Å²) in [7, 11) is -1.31. The minimum absolute atomic E-state index is 0. The third-order valence-corrected chi connectivity index (χ3v) is 11.0. The maximum absolute atomic E-state index is 2.43. The molecule has 0 saturated carbocycles. The molecule has 0 bridgehead atoms. The van der Waals surface area contributed by atoms with Crippen LogP contribution >= 0.6 is 7.26 Å². The largest absolute Gasteiger partial charge is 1.00 e. The van der Waals surface area contributed by atoms with E-state index in [0.717, 1.165) is 0 Å². The minimum Gasteiger partial charge on any atom is -1.00 e. The van der Waals surface area contributed by atoms with Crippen molar-refractivity contribution in [2.45, 2.75) is 90.9 Å². The van der Waals surface area contributed by atoms with E-state index in [1.807, 2.05) is 0 Å². The molecule has 168 valence electrons. The van der Waals surface area contributed by atoms with Crippen molar-refractivity contribution in [1.29, 1.82) is 0 Å². The summed E-state index contributed by atoms with van der Waals surface area (Å²) in [5.74, 6) is 0. The fourth-order valence-corrected chi connectivity index (χ4v) is 9.10. The number of benzene rings is 2. The number of halogens is 1. The van der Waals surface area contributed by atoms with Crippen LogP contribution in [-0.2, 0) is 0 Å². The highest BCUT2D eigenvalue weighted by molar-refractivity contribution is 7.89. The Morgan fingerprint density at radius 2 is 0.800 bits per heavy atom. The zero-order valence-corrected chi connectivity index (χ0v) is 22.6. The van der Waals surface area contributed by atoms with E-state index in [2.05, 4.69) is 74.5 Å². The second-order valence-corrected chi connectivity index (χ2v) is 12.5. The Bertz CT molecular complexity index is 568. The summed E-state index contributed by atoms with van der Waals surface area (Å²) in [5, 5.41) is 3.27. The molecule has 0 radical (unpaired) electrons. The first-order valence-corrected chi connectivity index (χ1v) is 14.5. The van der Waals surface area contributed by atoms with Gasteiger partial charge in [0.05, 0.1) is 30.2 Å². The SMILES string of the molecule is CCCCCCCC[P+](CCCCCCCC)(c1ccccc1)c1ccccc1.[I-]. The summed E-state index contributed by atoms with van der Waals surface area (Å²) >= 11 is 0. The van der Waals surface area contributed by atoms with Gasteiger partial charge in [0.25, 0.3) is 0 Å². The predicted molar refractivity (Wildman–Crippen MR) is 136 cm³/mol. The van der Waals surface area contributed by atoms with Crippen molar-refractivity contribution in [1.82, 2.24) is 0 Å². The lowest BCUT2D eigenvalue weighted by molar-refractivity contribution is -0.00000613. The number of hydrogen-bond donors (Lipinski definition) is 0. The molecule has 0 fully saturated rings. The van der Waals surface area contributed by atoms with Crippen molar-refractivity contribution >= 4 is 17.9 Å². The highest BCUT2D eigenvalue weighted by Gasteiger charge is 2.41. The smallest absolute Gasteiger partial charge is 0.0991 e. The zero-order chi connectivity index (χ0) is 20.6. The highest BCUT2D eigenvalue weighted by Crippen LogP contribution is 2.57. The van der Waals surface area contributed by atoms with E-state index < -0.39 is 7.26 Å². The Morgan fingerprint density at radius 3 is 1.17 bits per heavy atom. The lowest BCUT2D eigenvalue weighted by atomic mass is 10.1. The van der Waals surface area contributed by atoms with Gasteiger partial charge in [-0.05, 0) is 49.9 Å². The van der Waals surface area contributed by atoms with Crippen LogP contribution in [0.1, 0.15) is 90.9 Å². The first-order valence-electron chi connectivity index (χ1n) is 12.3. The van der Waals surface area contributed by atoms with Crippen molar-refractivity contribution in [2.24, 2.45) is 0 Å². The molecule has 0 atom stereocenters. The molecule has 0 unspecified atom stereocenters. The van der Waals surface area contributed by atoms with E-state index in [4.69, 9.17) is 0 Å². The van der Waals surface area contributed by atoms with E-state index in [9.17, 15) is 0 Å². The molecule has 2 heteroatoms. The van der Waals surface area contributed by atoms with Gasteiger partial charge in [-0.3, -0.25) is 0 Å². The van der Waals surface area contributed by atoms with Crippen LogP contribution in [0.5, 0.6) is 0 Å². The molecule has 2 aromatic rings. The van der Waals surface area contributed by atoms with Crippen molar-refractivity contribution < 1.29 is 24.0 Å². The van der Waals surface area contributed by atoms with Gasteiger partial charge in [-0.15, -0.1) is 0 Å². The molecule has 0 spiro atoms. The second kappa shape index (κ2) is 17.2. The summed E-state index contributed by atoms with van der Waals surface area (Å²) in [6, 6.07) is 23.1. The van der Waals surface area contributed by atoms with E-state index >= 15 is 0 Å². The average molecular weight is 539 g/mol. The van der Waals surface area contributed by atoms with Gasteiger partial charge in [-0.25, -0.2) is 0 Å². The van der Waals surface area contributed by atoms with Gasteiger partial charge >= 0.3 is 0 Å². The van der Waals surface area contributed by atoms with Crippen LogP contribution in [0.25, 0.3) is 0 Å². The standard InChI is InChI=1S/C28H44P.HI/c1-3-5-7-9-11-19-25-29(27-21-15-13-16-22-27,28-23-17-14-18-24-28)26-20-12-10-8-6-4-2;/h13-18,21-24H,3-12,19-20,25-26H2,1-2H3;1H/q+1;/p-1. The molecular weight excluding hydrogens is 494 g/mol. The molecule has 2 rings (SSSR count). The molecule has 0 aliphatic rings. The molecular formula is C28H44IP. The fraction of sp³-hybridized carbons (Fsp3) is 0.571. The molecule has 30 heavy (non-hydrogen) atoms. The summed E-state index contributed by atoms with van der Waals surface area (Å²) in [6.07, 6.45) is 19.5. The zero-order valence-electron chi connectivity index (χ0n) is 19.5. The Balaban J connectivity index is 0.00000450. The number of unbranched alkanes of at least 4 members (excludes halogenated alkanes) is 10. The Morgan fingerprint density at radius 1 is 0.467 bits per heavy atom. The lowest BCUT2D eigenvalue weighted by Crippen LogP contribution is -3.00. The third kappa shape index (κ3) is 9.39. The van der Waals surface area contributed by atoms with Gasteiger partial charge in [0.15, 0.2) is 0 Å². The lowest BCUT2D eigenvalue weighted by Gasteiger charge is -2.28. The van der Waals surface area contributed by atoms with Gasteiger partial charge in [0, 0.05) is 0 Å². The van der Waals surface area contributed by atoms with Crippen LogP contribution in [0.4, 0.5) is 0 Å². The molecule has 0 N–H and O–H groups in total. The maximum Gasteiger partial charge on any atom is 0.0991 e. The maximum atomic E-state index is 2.43. The van der Waals surface area contributed by atoms with E-state index in [-0.39, 0.29) is 24.0 Å². The molecule has 2 aromatic carbocycles. The third-order valence-electron chi connectivity index (χ3n) is 6.29. The first-order chi connectivity index (χ1) is 14.3. The summed E-state index contributed by atoms with van der Waals surface area (Å²) in [4.78, 5) is 0.